The van der Waals surface area contributed by atoms with Crippen molar-refractivity contribution in [3.05, 3.63) is 30.3 Å². The van der Waals surface area contributed by atoms with Crippen LogP contribution in [0.1, 0.15) is 57.8 Å². The number of carbonyl (C=O) groups is 1. The molecule has 0 aromatic heterocycles. The summed E-state index contributed by atoms with van der Waals surface area (Å²) in [6.07, 6.45) is 8.69. The number of benzene rings is 1. The molecule has 34 heavy (non-hydrogen) atoms. The quantitative estimate of drug-likeness (QED) is 0.617. The first-order valence-electron chi connectivity index (χ1n) is 13.4. The van der Waals surface area contributed by atoms with E-state index in [1.165, 1.54) is 31.4 Å². The third-order valence-corrected chi connectivity index (χ3v) is 9.81. The van der Waals surface area contributed by atoms with Gasteiger partial charge >= 0.3 is 0 Å². The monoisotopic (exact) mass is 468 g/mol. The van der Waals surface area contributed by atoms with E-state index in [0.29, 0.717) is 42.9 Å². The van der Waals surface area contributed by atoms with E-state index < -0.39 is 11.6 Å². The van der Waals surface area contributed by atoms with Crippen molar-refractivity contribution in [3.8, 4) is 0 Å². The van der Waals surface area contributed by atoms with Gasteiger partial charge in [-0.3, -0.25) is 4.79 Å². The molecule has 2 saturated heterocycles. The second-order valence-corrected chi connectivity index (χ2v) is 11.7. The molecule has 7 aliphatic rings. The predicted molar refractivity (Wildman–Crippen MR) is 124 cm³/mol. The molecule has 0 N–H and O–H groups in total. The van der Waals surface area contributed by atoms with Crippen LogP contribution in [0.5, 0.6) is 0 Å². The van der Waals surface area contributed by atoms with E-state index in [9.17, 15) is 4.79 Å². The molecular formula is C27H36N2O5. The van der Waals surface area contributed by atoms with Crippen LogP contribution in [0.2, 0.25) is 0 Å². The van der Waals surface area contributed by atoms with Crippen LogP contribution in [-0.2, 0) is 24.3 Å². The normalized spacial score (nSPS) is 43.2. The van der Waals surface area contributed by atoms with Crippen LogP contribution in [0.4, 0.5) is 5.69 Å². The van der Waals surface area contributed by atoms with Crippen LogP contribution in [0.25, 0.3) is 0 Å². The molecule has 5 aliphatic carbocycles. The maximum Gasteiger partial charge on any atom is 0.240 e. The minimum atomic E-state index is -0.800. The van der Waals surface area contributed by atoms with Gasteiger partial charge in [0.1, 0.15) is 0 Å². The second kappa shape index (κ2) is 8.19. The van der Waals surface area contributed by atoms with E-state index in [1.807, 2.05) is 11.0 Å². The summed E-state index contributed by atoms with van der Waals surface area (Å²) >= 11 is 0. The Morgan fingerprint density at radius 1 is 0.882 bits per heavy atom. The van der Waals surface area contributed by atoms with Crippen molar-refractivity contribution in [2.75, 3.05) is 31.1 Å². The van der Waals surface area contributed by atoms with E-state index in [1.54, 1.807) is 0 Å². The molecule has 1 aromatic carbocycles. The van der Waals surface area contributed by atoms with Crippen molar-refractivity contribution in [1.82, 2.24) is 4.90 Å². The minimum absolute atomic E-state index is 0.281. The zero-order valence-corrected chi connectivity index (χ0v) is 19.9. The highest BCUT2D eigenvalue weighted by atomic mass is 17.4. The molecule has 2 heterocycles. The lowest BCUT2D eigenvalue weighted by atomic mass is 9.78. The summed E-state index contributed by atoms with van der Waals surface area (Å²) in [7, 11) is 0. The van der Waals surface area contributed by atoms with Crippen molar-refractivity contribution in [1.29, 1.82) is 0 Å². The van der Waals surface area contributed by atoms with Crippen molar-refractivity contribution < 1.29 is 24.3 Å². The highest BCUT2D eigenvalue weighted by molar-refractivity contribution is 5.76. The summed E-state index contributed by atoms with van der Waals surface area (Å²) in [5, 5.41) is 0. The first-order chi connectivity index (χ1) is 16.6. The SMILES string of the molecule is O=C(CC1CCC2(CC1)OOC1(OO2)C2CC3CC(C2)C1C3)N1CCN(c2ccccc2)CC1. The van der Waals surface area contributed by atoms with Crippen molar-refractivity contribution in [3.63, 3.8) is 0 Å². The van der Waals surface area contributed by atoms with Gasteiger partial charge < -0.3 is 9.80 Å². The second-order valence-electron chi connectivity index (χ2n) is 11.7. The highest BCUT2D eigenvalue weighted by Gasteiger charge is 2.69. The van der Waals surface area contributed by atoms with Crippen molar-refractivity contribution in [2.24, 2.45) is 29.6 Å². The molecule has 1 amide bonds. The van der Waals surface area contributed by atoms with Gasteiger partial charge in [0.25, 0.3) is 0 Å². The fourth-order valence-electron chi connectivity index (χ4n) is 7.97. The average Bonchev–Trinajstić information content (AvgIpc) is 3.29. The molecule has 5 saturated carbocycles. The van der Waals surface area contributed by atoms with Crippen LogP contribution in [0.3, 0.4) is 0 Å². The maximum atomic E-state index is 13.0. The Hall–Kier alpha value is -1.67. The average molecular weight is 469 g/mol. The molecule has 2 aliphatic heterocycles. The Bertz CT molecular complexity index is 895. The van der Waals surface area contributed by atoms with Crippen LogP contribution < -0.4 is 4.90 Å². The lowest BCUT2D eigenvalue weighted by Gasteiger charge is -2.49. The van der Waals surface area contributed by atoms with E-state index in [0.717, 1.165) is 44.9 Å². The van der Waals surface area contributed by atoms with Gasteiger partial charge in [0.05, 0.1) is 0 Å². The number of hydrogen-bond donors (Lipinski definition) is 0. The highest BCUT2D eigenvalue weighted by Crippen LogP contribution is 2.66. The molecular weight excluding hydrogens is 432 g/mol. The third-order valence-electron chi connectivity index (χ3n) is 9.81. The van der Waals surface area contributed by atoms with Crippen LogP contribution in [0, 0.1) is 29.6 Å². The number of anilines is 1. The van der Waals surface area contributed by atoms with Gasteiger partial charge in [-0.25, -0.2) is 0 Å². The van der Waals surface area contributed by atoms with Gasteiger partial charge in [0.2, 0.25) is 17.5 Å². The molecule has 4 unspecified atom stereocenters. The smallest absolute Gasteiger partial charge is 0.240 e. The van der Waals surface area contributed by atoms with E-state index in [-0.39, 0.29) is 5.91 Å². The standard InChI is InChI=1S/C27H36N2O5/c30-25(29-12-10-28(11-13-29)23-4-2-1-3-5-23)17-19-6-8-26(9-7-19)31-33-27(34-32-26)22-15-20-14-21(18-22)24(27)16-20/h1-5,19-22,24H,6-18H2. The number of nitrogens with zero attached hydrogens (tertiary/aromatic N) is 2. The lowest BCUT2D eigenvalue weighted by Crippen LogP contribution is -2.57. The lowest BCUT2D eigenvalue weighted by molar-refractivity contribution is -0.672. The Kier molecular flexibility index (Phi) is 5.20. The van der Waals surface area contributed by atoms with Crippen LogP contribution >= 0.6 is 0 Å². The van der Waals surface area contributed by atoms with Crippen LogP contribution in [-0.4, -0.2) is 48.6 Å². The van der Waals surface area contributed by atoms with Crippen LogP contribution in [0.15, 0.2) is 30.3 Å². The Balaban J connectivity index is 0.890. The molecule has 2 spiro atoms. The Morgan fingerprint density at radius 3 is 2.32 bits per heavy atom. The Labute approximate surface area is 201 Å². The summed E-state index contributed by atoms with van der Waals surface area (Å²) in [5.74, 6) is 1.56. The summed E-state index contributed by atoms with van der Waals surface area (Å²) in [6.45, 7) is 3.38. The number of para-hydroxylation sites is 1. The minimum Gasteiger partial charge on any atom is -0.368 e. The predicted octanol–water partition coefficient (Wildman–Crippen LogP) is 4.28. The molecule has 8 rings (SSSR count). The first kappa shape index (κ1) is 21.6. The number of piperazine rings is 1. The van der Waals surface area contributed by atoms with Gasteiger partial charge in [0.15, 0.2) is 0 Å². The number of hydrogen-bond acceptors (Lipinski definition) is 6. The van der Waals surface area contributed by atoms with Gasteiger partial charge in [-0.1, -0.05) is 18.2 Å². The molecule has 4 bridgehead atoms. The van der Waals surface area contributed by atoms with E-state index in [2.05, 4.69) is 29.2 Å². The third kappa shape index (κ3) is 3.50. The molecule has 1 aromatic rings. The maximum absolute atomic E-state index is 13.0. The largest absolute Gasteiger partial charge is 0.368 e. The number of rotatable bonds is 3. The van der Waals surface area contributed by atoms with Gasteiger partial charge in [-0.2, -0.15) is 19.6 Å². The number of amides is 1. The summed E-state index contributed by atoms with van der Waals surface area (Å²) in [4.78, 5) is 41.7. The summed E-state index contributed by atoms with van der Waals surface area (Å²) < 4.78 is 0. The van der Waals surface area contributed by atoms with Crippen molar-refractivity contribution in [2.45, 2.75) is 69.4 Å². The zero-order valence-electron chi connectivity index (χ0n) is 19.9. The fraction of sp³-hybridized carbons (Fsp3) is 0.741. The van der Waals surface area contributed by atoms with Gasteiger partial charge in [0, 0.05) is 63.0 Å². The summed E-state index contributed by atoms with van der Waals surface area (Å²) in [6, 6.07) is 10.5. The Morgan fingerprint density at radius 2 is 1.62 bits per heavy atom. The van der Waals surface area contributed by atoms with E-state index in [4.69, 9.17) is 19.6 Å². The number of carbonyl (C=O) groups excluding carboxylic acids is 1. The van der Waals surface area contributed by atoms with Gasteiger partial charge in [-0.15, -0.1) is 0 Å². The molecule has 184 valence electrons. The molecule has 0 radical (unpaired) electrons. The molecule has 7 fully saturated rings. The molecule has 7 nitrogen and oxygen atoms in total. The van der Waals surface area contributed by atoms with E-state index >= 15 is 0 Å². The fourth-order valence-corrected chi connectivity index (χ4v) is 7.97. The zero-order chi connectivity index (χ0) is 22.8. The first-order valence-corrected chi connectivity index (χ1v) is 13.4. The van der Waals surface area contributed by atoms with Gasteiger partial charge in [-0.05, 0) is 68.4 Å². The molecule has 7 heteroatoms. The van der Waals surface area contributed by atoms with Crippen molar-refractivity contribution >= 4 is 11.6 Å². The molecule has 4 atom stereocenters. The summed E-state index contributed by atoms with van der Waals surface area (Å²) in [5.41, 5.74) is 1.24. The topological polar surface area (TPSA) is 60.5 Å².